The molecular weight excluding hydrogens is 409 g/mol. The lowest BCUT2D eigenvalue weighted by Gasteiger charge is -2.15. The van der Waals surface area contributed by atoms with Gasteiger partial charge in [-0.1, -0.05) is 23.2 Å². The molecular formula is C19H15Cl2NO4S. The molecule has 0 radical (unpaired) electrons. The number of pyridine rings is 1. The van der Waals surface area contributed by atoms with Crippen LogP contribution in [0.15, 0.2) is 29.8 Å². The molecule has 1 unspecified atom stereocenters. The molecule has 0 aliphatic carbocycles. The fourth-order valence-corrected chi connectivity index (χ4v) is 4.75. The maximum absolute atomic E-state index is 11.8. The second kappa shape index (κ2) is 7.54. The molecule has 0 N–H and O–H groups in total. The van der Waals surface area contributed by atoms with Crippen molar-refractivity contribution in [3.05, 3.63) is 50.9 Å². The highest BCUT2D eigenvalue weighted by atomic mass is 35.5. The quantitative estimate of drug-likeness (QED) is 0.526. The SMILES string of the molecule is CCOC(=O)Cc1csc2c(Cl)c(OC3COc4ncccc43)cc(Cl)c12. The van der Waals surface area contributed by atoms with Crippen molar-refractivity contribution in [2.75, 3.05) is 13.2 Å². The highest BCUT2D eigenvalue weighted by molar-refractivity contribution is 7.18. The molecule has 0 spiro atoms. The fourth-order valence-electron chi connectivity index (χ4n) is 3.03. The Morgan fingerprint density at radius 3 is 3.11 bits per heavy atom. The van der Waals surface area contributed by atoms with Crippen LogP contribution in [0.3, 0.4) is 0 Å². The fraction of sp³-hybridized carbons (Fsp3) is 0.263. The zero-order chi connectivity index (χ0) is 19.0. The van der Waals surface area contributed by atoms with Crippen LogP contribution in [0.25, 0.3) is 10.1 Å². The lowest BCUT2D eigenvalue weighted by molar-refractivity contribution is -0.142. The molecule has 0 fully saturated rings. The summed E-state index contributed by atoms with van der Waals surface area (Å²) in [7, 11) is 0. The number of halogens is 2. The van der Waals surface area contributed by atoms with Crippen molar-refractivity contribution in [2.24, 2.45) is 0 Å². The maximum atomic E-state index is 11.8. The summed E-state index contributed by atoms with van der Waals surface area (Å²) in [6.07, 6.45) is 1.52. The lowest BCUT2D eigenvalue weighted by atomic mass is 10.1. The molecule has 5 nitrogen and oxygen atoms in total. The third-order valence-electron chi connectivity index (χ3n) is 4.21. The number of fused-ring (bicyclic) bond motifs is 2. The normalized spacial score (nSPS) is 15.4. The molecule has 140 valence electrons. The second-order valence-corrected chi connectivity index (χ2v) is 7.60. The van der Waals surface area contributed by atoms with Gasteiger partial charge in [-0.2, -0.15) is 0 Å². The van der Waals surface area contributed by atoms with Crippen molar-refractivity contribution in [1.29, 1.82) is 0 Å². The van der Waals surface area contributed by atoms with Crippen molar-refractivity contribution in [1.82, 2.24) is 4.98 Å². The molecule has 2 aromatic heterocycles. The van der Waals surface area contributed by atoms with Crippen LogP contribution < -0.4 is 9.47 Å². The van der Waals surface area contributed by atoms with Crippen LogP contribution in [0, 0.1) is 0 Å². The van der Waals surface area contributed by atoms with Crippen molar-refractivity contribution < 1.29 is 19.0 Å². The summed E-state index contributed by atoms with van der Waals surface area (Å²) in [6, 6.07) is 5.43. The number of nitrogens with zero attached hydrogens (tertiary/aromatic N) is 1. The van der Waals surface area contributed by atoms with Gasteiger partial charge in [0.2, 0.25) is 5.88 Å². The number of carbonyl (C=O) groups is 1. The summed E-state index contributed by atoms with van der Waals surface area (Å²) in [5, 5.41) is 3.58. The molecule has 0 saturated carbocycles. The van der Waals surface area contributed by atoms with Crippen molar-refractivity contribution in [3.8, 4) is 11.6 Å². The molecule has 8 heteroatoms. The van der Waals surface area contributed by atoms with Crippen molar-refractivity contribution in [3.63, 3.8) is 0 Å². The predicted octanol–water partition coefficient (Wildman–Crippen LogP) is 5.22. The van der Waals surface area contributed by atoms with Gasteiger partial charge < -0.3 is 14.2 Å². The maximum Gasteiger partial charge on any atom is 0.310 e. The number of ether oxygens (including phenoxy) is 3. The van der Waals surface area contributed by atoms with E-state index in [0.717, 1.165) is 21.2 Å². The Morgan fingerprint density at radius 1 is 1.44 bits per heavy atom. The second-order valence-electron chi connectivity index (χ2n) is 5.93. The van der Waals surface area contributed by atoms with Gasteiger partial charge in [-0.15, -0.1) is 11.3 Å². The van der Waals surface area contributed by atoms with Crippen LogP contribution in [0.2, 0.25) is 10.0 Å². The number of thiophene rings is 1. The van der Waals surface area contributed by atoms with Crippen LogP contribution in [-0.4, -0.2) is 24.2 Å². The molecule has 3 aromatic rings. The Labute approximate surface area is 169 Å². The van der Waals surface area contributed by atoms with E-state index in [1.807, 2.05) is 17.5 Å². The van der Waals surface area contributed by atoms with E-state index in [1.54, 1.807) is 19.2 Å². The topological polar surface area (TPSA) is 57.7 Å². The summed E-state index contributed by atoms with van der Waals surface area (Å²) < 4.78 is 17.4. The summed E-state index contributed by atoms with van der Waals surface area (Å²) >= 11 is 14.5. The van der Waals surface area contributed by atoms with Crippen molar-refractivity contribution in [2.45, 2.75) is 19.4 Å². The van der Waals surface area contributed by atoms with Gasteiger partial charge in [0.1, 0.15) is 17.4 Å². The molecule has 3 heterocycles. The van der Waals surface area contributed by atoms with Gasteiger partial charge in [0, 0.05) is 17.6 Å². The zero-order valence-corrected chi connectivity index (χ0v) is 16.7. The minimum Gasteiger partial charge on any atom is -0.480 e. The molecule has 0 bridgehead atoms. The van der Waals surface area contributed by atoms with Crippen LogP contribution in [0.5, 0.6) is 11.6 Å². The minimum absolute atomic E-state index is 0.152. The first-order valence-electron chi connectivity index (χ1n) is 8.36. The van der Waals surface area contributed by atoms with Crippen molar-refractivity contribution >= 4 is 50.6 Å². The summed E-state index contributed by atoms with van der Waals surface area (Å²) in [4.78, 5) is 16.0. The van der Waals surface area contributed by atoms with Crippen LogP contribution >= 0.6 is 34.5 Å². The highest BCUT2D eigenvalue weighted by Crippen LogP contribution is 2.45. The summed E-state index contributed by atoms with van der Waals surface area (Å²) in [5.41, 5.74) is 1.67. The molecule has 1 aromatic carbocycles. The minimum atomic E-state index is -0.307. The van der Waals surface area contributed by atoms with Gasteiger partial charge in [-0.25, -0.2) is 4.98 Å². The standard InChI is InChI=1S/C19H15Cl2NO4S/c1-2-24-15(23)6-10-9-27-18-16(10)12(20)7-13(17(18)21)26-14-8-25-19-11(14)4-3-5-22-19/h3-5,7,9,14H,2,6,8H2,1H3. The number of hydrogen-bond donors (Lipinski definition) is 0. The Hall–Kier alpha value is -2.02. The number of hydrogen-bond acceptors (Lipinski definition) is 6. The monoisotopic (exact) mass is 423 g/mol. The van der Waals surface area contributed by atoms with Gasteiger partial charge in [-0.05, 0) is 30.0 Å². The molecule has 4 rings (SSSR count). The van der Waals surface area contributed by atoms with Crippen LogP contribution in [0.1, 0.15) is 24.2 Å². The van der Waals surface area contributed by atoms with Gasteiger partial charge in [0.15, 0.2) is 6.10 Å². The number of aromatic nitrogens is 1. The zero-order valence-electron chi connectivity index (χ0n) is 14.3. The van der Waals surface area contributed by atoms with E-state index >= 15 is 0 Å². The van der Waals surface area contributed by atoms with E-state index in [1.165, 1.54) is 11.3 Å². The molecule has 0 saturated heterocycles. The van der Waals surface area contributed by atoms with Gasteiger partial charge in [0.25, 0.3) is 0 Å². The Morgan fingerprint density at radius 2 is 2.30 bits per heavy atom. The Kier molecular flexibility index (Phi) is 5.12. The number of rotatable bonds is 5. The average molecular weight is 424 g/mol. The first-order valence-corrected chi connectivity index (χ1v) is 10.00. The van der Waals surface area contributed by atoms with E-state index in [0.29, 0.717) is 34.9 Å². The summed E-state index contributed by atoms with van der Waals surface area (Å²) in [6.45, 7) is 2.47. The molecule has 1 atom stereocenters. The predicted molar refractivity (Wildman–Crippen MR) is 105 cm³/mol. The smallest absolute Gasteiger partial charge is 0.310 e. The largest absolute Gasteiger partial charge is 0.480 e. The molecule has 0 amide bonds. The van der Waals surface area contributed by atoms with E-state index in [9.17, 15) is 4.79 Å². The number of esters is 1. The van der Waals surface area contributed by atoms with E-state index in [2.05, 4.69) is 4.98 Å². The first kappa shape index (κ1) is 18.3. The number of carbonyl (C=O) groups excluding carboxylic acids is 1. The molecule has 1 aliphatic heterocycles. The van der Waals surface area contributed by atoms with Crippen LogP contribution in [0.4, 0.5) is 0 Å². The van der Waals surface area contributed by atoms with Crippen LogP contribution in [-0.2, 0) is 16.0 Å². The third-order valence-corrected chi connectivity index (χ3v) is 6.04. The van der Waals surface area contributed by atoms with Gasteiger partial charge in [0.05, 0.1) is 28.3 Å². The lowest BCUT2D eigenvalue weighted by Crippen LogP contribution is -2.09. The summed E-state index contributed by atoms with van der Waals surface area (Å²) in [5.74, 6) is 0.750. The third kappa shape index (κ3) is 3.45. The molecule has 27 heavy (non-hydrogen) atoms. The van der Waals surface area contributed by atoms with Gasteiger partial charge >= 0.3 is 5.97 Å². The highest BCUT2D eigenvalue weighted by Gasteiger charge is 2.28. The Bertz CT molecular complexity index is 1020. The number of benzene rings is 1. The first-order chi connectivity index (χ1) is 13.1. The van der Waals surface area contributed by atoms with E-state index < -0.39 is 0 Å². The average Bonchev–Trinajstić information content (AvgIpc) is 3.25. The van der Waals surface area contributed by atoms with Gasteiger partial charge in [-0.3, -0.25) is 4.79 Å². The molecule has 1 aliphatic rings. The Balaban J connectivity index is 1.66. The van der Waals surface area contributed by atoms with E-state index in [4.69, 9.17) is 37.4 Å². The van der Waals surface area contributed by atoms with E-state index in [-0.39, 0.29) is 18.5 Å².